The Balaban J connectivity index is 1.73. The Labute approximate surface area is 208 Å². The first-order valence-corrected chi connectivity index (χ1v) is 12.7. The van der Waals surface area contributed by atoms with Crippen LogP contribution in [0, 0.1) is 6.92 Å². The van der Waals surface area contributed by atoms with E-state index < -0.39 is 22.6 Å². The molecule has 0 spiro atoms. The number of halogens is 1. The predicted octanol–water partition coefficient (Wildman–Crippen LogP) is 4.01. The Bertz CT molecular complexity index is 1230. The third-order valence-corrected chi connectivity index (χ3v) is 6.55. The maximum absolute atomic E-state index is 12.9. The number of amides is 2. The van der Waals surface area contributed by atoms with Gasteiger partial charge < -0.3 is 10.4 Å². The molecule has 0 saturated heterocycles. The molecule has 7 nitrogen and oxygen atoms in total. The largest absolute Gasteiger partial charge is 0.395 e. The van der Waals surface area contributed by atoms with Crippen molar-refractivity contribution >= 4 is 50.4 Å². The summed E-state index contributed by atoms with van der Waals surface area (Å²) in [5.74, 6) is -0.463. The number of nitrogens with one attached hydrogen (secondary N) is 2. The summed E-state index contributed by atoms with van der Waals surface area (Å²) in [5, 5.41) is 15.7. The highest BCUT2D eigenvalue weighted by atomic mass is 79.9. The number of anilines is 1. The van der Waals surface area contributed by atoms with Crippen molar-refractivity contribution in [3.05, 3.63) is 99.0 Å². The van der Waals surface area contributed by atoms with Crippen LogP contribution in [0.1, 0.15) is 37.4 Å². The lowest BCUT2D eigenvalue weighted by Crippen LogP contribution is -2.21. The van der Waals surface area contributed by atoms with Gasteiger partial charge in [0, 0.05) is 32.3 Å². The highest BCUT2D eigenvalue weighted by molar-refractivity contribution is 9.10. The van der Waals surface area contributed by atoms with Crippen molar-refractivity contribution in [3.8, 4) is 0 Å². The van der Waals surface area contributed by atoms with Gasteiger partial charge in [-0.3, -0.25) is 13.8 Å². The number of benzene rings is 3. The van der Waals surface area contributed by atoms with Gasteiger partial charge in [0.25, 0.3) is 11.8 Å². The van der Waals surface area contributed by atoms with Crippen LogP contribution in [0.15, 0.2) is 76.3 Å². The molecule has 0 fully saturated rings. The summed E-state index contributed by atoms with van der Waals surface area (Å²) in [7, 11) is -1.21. The van der Waals surface area contributed by atoms with E-state index in [1.165, 1.54) is 0 Å². The molecule has 3 rings (SSSR count). The molecule has 0 bridgehead atoms. The lowest BCUT2D eigenvalue weighted by molar-refractivity contribution is 0.0956. The summed E-state index contributed by atoms with van der Waals surface area (Å²) in [6, 6.07) is 19.4. The molecule has 3 aromatic rings. The van der Waals surface area contributed by atoms with E-state index in [0.29, 0.717) is 15.7 Å². The van der Waals surface area contributed by atoms with E-state index in [1.807, 2.05) is 31.2 Å². The van der Waals surface area contributed by atoms with Gasteiger partial charge in [0.15, 0.2) is 0 Å². The quantitative estimate of drug-likeness (QED) is 0.281. The molecule has 0 aromatic heterocycles. The fraction of sp³-hybridized carbons (Fsp3) is 0.160. The molecular weight excluding hydrogens is 518 g/mol. The number of hydrazone groups is 1. The van der Waals surface area contributed by atoms with Crippen molar-refractivity contribution in [2.75, 3.05) is 17.7 Å². The molecule has 34 heavy (non-hydrogen) atoms. The average Bonchev–Trinajstić information content (AvgIpc) is 2.81. The number of hydrogen-bond acceptors (Lipinski definition) is 5. The van der Waals surface area contributed by atoms with Crippen LogP contribution in [-0.4, -0.2) is 39.7 Å². The van der Waals surface area contributed by atoms with Crippen molar-refractivity contribution in [2.24, 2.45) is 5.10 Å². The van der Waals surface area contributed by atoms with Gasteiger partial charge >= 0.3 is 0 Å². The Morgan fingerprint density at radius 2 is 1.82 bits per heavy atom. The number of aliphatic hydroxyl groups is 1. The van der Waals surface area contributed by atoms with Crippen LogP contribution in [0.2, 0.25) is 0 Å². The molecule has 3 aromatic carbocycles. The van der Waals surface area contributed by atoms with E-state index >= 15 is 0 Å². The molecule has 0 saturated carbocycles. The standard InChI is InChI=1S/C25H24BrN3O4S/c1-17-5-7-18(8-6-17)15-27-29-25(32)22-14-21(26)9-10-23(22)28-24(31)20-4-2-3-19(13-20)16-34(33)12-11-30/h2-10,13-15,30H,11-12,16H2,1H3,(H,28,31)(H,29,32)/b27-15+. The molecule has 0 heterocycles. The van der Waals surface area contributed by atoms with Crippen LogP contribution in [0.3, 0.4) is 0 Å². The van der Waals surface area contributed by atoms with E-state index in [0.717, 1.165) is 16.7 Å². The van der Waals surface area contributed by atoms with Gasteiger partial charge in [0.2, 0.25) is 0 Å². The third-order valence-electron chi connectivity index (χ3n) is 4.77. The number of aryl methyl sites for hydroxylation is 1. The van der Waals surface area contributed by atoms with E-state index in [2.05, 4.69) is 31.8 Å². The van der Waals surface area contributed by atoms with Crippen LogP contribution in [0.5, 0.6) is 0 Å². The van der Waals surface area contributed by atoms with Gasteiger partial charge in [-0.15, -0.1) is 0 Å². The number of hydrogen-bond donors (Lipinski definition) is 3. The van der Waals surface area contributed by atoms with Crippen molar-refractivity contribution in [1.29, 1.82) is 0 Å². The van der Waals surface area contributed by atoms with Crippen LogP contribution < -0.4 is 10.7 Å². The van der Waals surface area contributed by atoms with Crippen LogP contribution in [0.25, 0.3) is 0 Å². The summed E-state index contributed by atoms with van der Waals surface area (Å²) in [4.78, 5) is 25.6. The van der Waals surface area contributed by atoms with Crippen LogP contribution in [0.4, 0.5) is 5.69 Å². The minimum Gasteiger partial charge on any atom is -0.395 e. The van der Waals surface area contributed by atoms with Crippen LogP contribution >= 0.6 is 15.9 Å². The number of rotatable bonds is 9. The van der Waals surface area contributed by atoms with E-state index in [4.69, 9.17) is 5.11 Å². The fourth-order valence-electron chi connectivity index (χ4n) is 3.05. The Morgan fingerprint density at radius 3 is 2.56 bits per heavy atom. The monoisotopic (exact) mass is 541 g/mol. The molecule has 1 unspecified atom stereocenters. The maximum Gasteiger partial charge on any atom is 0.273 e. The van der Waals surface area contributed by atoms with Crippen molar-refractivity contribution in [2.45, 2.75) is 12.7 Å². The number of aliphatic hydroxyl groups excluding tert-OH is 1. The molecule has 0 radical (unpaired) electrons. The minimum atomic E-state index is -1.21. The lowest BCUT2D eigenvalue weighted by Gasteiger charge is -2.11. The molecule has 1 atom stereocenters. The van der Waals surface area contributed by atoms with Crippen molar-refractivity contribution in [1.82, 2.24) is 5.43 Å². The maximum atomic E-state index is 12.9. The fourth-order valence-corrected chi connectivity index (χ4v) is 4.31. The van der Waals surface area contributed by atoms with E-state index in [9.17, 15) is 13.8 Å². The molecule has 3 N–H and O–H groups in total. The molecular formula is C25H24BrN3O4S. The second-order valence-electron chi connectivity index (χ2n) is 7.47. The second-order valence-corrected chi connectivity index (χ2v) is 9.96. The number of carbonyl (C=O) groups excluding carboxylic acids is 2. The number of carbonyl (C=O) groups is 2. The summed E-state index contributed by atoms with van der Waals surface area (Å²) in [6.45, 7) is 1.83. The van der Waals surface area contributed by atoms with E-state index in [1.54, 1.807) is 48.7 Å². The first kappa shape index (κ1) is 25.5. The zero-order chi connectivity index (χ0) is 24.5. The van der Waals surface area contributed by atoms with Gasteiger partial charge in [0.1, 0.15) is 0 Å². The average molecular weight is 542 g/mol. The SMILES string of the molecule is Cc1ccc(/C=N/NC(=O)c2cc(Br)ccc2NC(=O)c2cccc(CS(=O)CCO)c2)cc1. The molecule has 176 valence electrons. The first-order valence-electron chi connectivity index (χ1n) is 10.4. The topological polar surface area (TPSA) is 108 Å². The summed E-state index contributed by atoms with van der Waals surface area (Å²) in [6.07, 6.45) is 1.54. The molecule has 9 heteroatoms. The first-order chi connectivity index (χ1) is 16.4. The normalized spacial score (nSPS) is 11.9. The van der Waals surface area contributed by atoms with Gasteiger partial charge in [-0.25, -0.2) is 5.43 Å². The molecule has 2 amide bonds. The van der Waals surface area contributed by atoms with Gasteiger partial charge in [0.05, 0.1) is 24.1 Å². The lowest BCUT2D eigenvalue weighted by atomic mass is 10.1. The van der Waals surface area contributed by atoms with E-state index in [-0.39, 0.29) is 23.7 Å². The minimum absolute atomic E-state index is 0.156. The van der Waals surface area contributed by atoms with Gasteiger partial charge in [-0.2, -0.15) is 5.10 Å². The van der Waals surface area contributed by atoms with Crippen molar-refractivity contribution < 1.29 is 18.9 Å². The molecule has 0 aliphatic heterocycles. The number of nitrogens with zero attached hydrogens (tertiary/aromatic N) is 1. The Morgan fingerprint density at radius 1 is 1.06 bits per heavy atom. The Hall–Kier alpha value is -3.14. The highest BCUT2D eigenvalue weighted by Crippen LogP contribution is 2.22. The highest BCUT2D eigenvalue weighted by Gasteiger charge is 2.15. The summed E-state index contributed by atoms with van der Waals surface area (Å²) in [5.41, 5.74) is 6.11. The van der Waals surface area contributed by atoms with Gasteiger partial charge in [-0.05, 0) is 48.4 Å². The zero-order valence-corrected chi connectivity index (χ0v) is 20.9. The third kappa shape index (κ3) is 7.44. The second kappa shape index (κ2) is 12.4. The Kier molecular flexibility index (Phi) is 9.26. The molecule has 0 aliphatic carbocycles. The van der Waals surface area contributed by atoms with Gasteiger partial charge in [-0.1, -0.05) is 57.9 Å². The zero-order valence-electron chi connectivity index (χ0n) is 18.5. The predicted molar refractivity (Wildman–Crippen MR) is 139 cm³/mol. The summed E-state index contributed by atoms with van der Waals surface area (Å²) < 4.78 is 12.6. The van der Waals surface area contributed by atoms with Crippen LogP contribution in [-0.2, 0) is 16.6 Å². The smallest absolute Gasteiger partial charge is 0.273 e. The van der Waals surface area contributed by atoms with Crippen molar-refractivity contribution in [3.63, 3.8) is 0 Å². The molecule has 0 aliphatic rings. The summed E-state index contributed by atoms with van der Waals surface area (Å²) >= 11 is 3.35.